The van der Waals surface area contributed by atoms with E-state index in [1.807, 2.05) is 0 Å². The fraction of sp³-hybridized carbons (Fsp3) is 0.208. The van der Waals surface area contributed by atoms with Crippen molar-refractivity contribution in [2.45, 2.75) is 13.5 Å². The maximum atomic E-state index is 13.1. The fourth-order valence-electron chi connectivity index (χ4n) is 3.58. The van der Waals surface area contributed by atoms with E-state index in [0.29, 0.717) is 45.3 Å². The Balaban J connectivity index is 1.70. The number of methoxy groups -OCH3 is 3. The normalized spacial score (nSPS) is 10.8. The molecule has 0 aliphatic carbocycles. The van der Waals surface area contributed by atoms with E-state index in [9.17, 15) is 9.59 Å². The van der Waals surface area contributed by atoms with E-state index in [4.69, 9.17) is 18.6 Å². The predicted molar refractivity (Wildman–Crippen MR) is 123 cm³/mol. The predicted octanol–water partition coefficient (Wildman–Crippen LogP) is 3.62. The number of hydrogen-bond acceptors (Lipinski definition) is 7. The molecular weight excluding hydrogens is 426 g/mol. The maximum Gasteiger partial charge on any atom is 0.260 e. The second-order valence-corrected chi connectivity index (χ2v) is 7.25. The molecule has 0 saturated carbocycles. The molecule has 0 fully saturated rings. The van der Waals surface area contributed by atoms with Gasteiger partial charge in [0.05, 0.1) is 56.3 Å². The standard InChI is InChI=1S/C24H23N3O6/c1-14-17(23(28)26-15-10-20(30-2)22(32-4)21(11-15)31-3)12-18-19(25-14)7-8-27(24(18)29)13-16-6-5-9-33-16/h5-12H,13H2,1-4H3,(H,26,28). The zero-order valence-corrected chi connectivity index (χ0v) is 18.7. The van der Waals surface area contributed by atoms with Gasteiger partial charge in [-0.3, -0.25) is 14.6 Å². The van der Waals surface area contributed by atoms with Gasteiger partial charge in [0.1, 0.15) is 5.76 Å². The lowest BCUT2D eigenvalue weighted by atomic mass is 10.1. The third-order valence-electron chi connectivity index (χ3n) is 5.22. The summed E-state index contributed by atoms with van der Waals surface area (Å²) in [7, 11) is 4.49. The molecule has 33 heavy (non-hydrogen) atoms. The Morgan fingerprint density at radius 2 is 1.82 bits per heavy atom. The maximum absolute atomic E-state index is 13.1. The molecule has 0 aliphatic rings. The molecule has 1 N–H and O–H groups in total. The van der Waals surface area contributed by atoms with Gasteiger partial charge in [0, 0.05) is 24.0 Å². The summed E-state index contributed by atoms with van der Waals surface area (Å²) in [6.45, 7) is 2.00. The number of nitrogens with one attached hydrogen (secondary N) is 1. The van der Waals surface area contributed by atoms with E-state index >= 15 is 0 Å². The number of pyridine rings is 2. The van der Waals surface area contributed by atoms with Crippen molar-refractivity contribution in [2.75, 3.05) is 26.6 Å². The summed E-state index contributed by atoms with van der Waals surface area (Å²) in [5.74, 6) is 1.45. The van der Waals surface area contributed by atoms with Crippen molar-refractivity contribution in [3.63, 3.8) is 0 Å². The molecule has 1 amide bonds. The highest BCUT2D eigenvalue weighted by Crippen LogP contribution is 2.40. The first-order valence-electron chi connectivity index (χ1n) is 10.1. The molecular formula is C24H23N3O6. The third kappa shape index (κ3) is 4.25. The van der Waals surface area contributed by atoms with Crippen LogP contribution in [0.1, 0.15) is 21.8 Å². The number of ether oxygens (including phenoxy) is 3. The molecule has 9 nitrogen and oxygen atoms in total. The molecule has 9 heteroatoms. The van der Waals surface area contributed by atoms with E-state index in [2.05, 4.69) is 10.3 Å². The fourth-order valence-corrected chi connectivity index (χ4v) is 3.58. The number of anilines is 1. The van der Waals surface area contributed by atoms with Gasteiger partial charge in [-0.1, -0.05) is 0 Å². The second kappa shape index (κ2) is 9.07. The van der Waals surface area contributed by atoms with Crippen LogP contribution in [0.3, 0.4) is 0 Å². The minimum atomic E-state index is -0.419. The molecule has 4 aromatic rings. The lowest BCUT2D eigenvalue weighted by molar-refractivity contribution is 0.102. The number of hydrogen-bond donors (Lipinski definition) is 1. The van der Waals surface area contributed by atoms with Crippen LogP contribution in [0.25, 0.3) is 10.9 Å². The minimum absolute atomic E-state index is 0.266. The minimum Gasteiger partial charge on any atom is -0.493 e. The van der Waals surface area contributed by atoms with Crippen LogP contribution in [-0.2, 0) is 6.54 Å². The van der Waals surface area contributed by atoms with Gasteiger partial charge in [-0.05, 0) is 31.2 Å². The summed E-state index contributed by atoms with van der Waals surface area (Å²) in [4.78, 5) is 30.6. The summed E-state index contributed by atoms with van der Waals surface area (Å²) >= 11 is 0. The molecule has 3 heterocycles. The molecule has 0 spiro atoms. The number of carbonyl (C=O) groups excluding carboxylic acids is 1. The van der Waals surface area contributed by atoms with Crippen molar-refractivity contribution in [1.29, 1.82) is 0 Å². The average Bonchev–Trinajstić information content (AvgIpc) is 3.33. The number of aryl methyl sites for hydroxylation is 1. The lowest BCUT2D eigenvalue weighted by Gasteiger charge is -2.15. The molecule has 1 aromatic carbocycles. The zero-order chi connectivity index (χ0) is 23.5. The molecule has 0 bridgehead atoms. The molecule has 0 atom stereocenters. The highest BCUT2D eigenvalue weighted by molar-refractivity contribution is 6.07. The number of amides is 1. The topological polar surface area (TPSA) is 105 Å². The van der Waals surface area contributed by atoms with Crippen LogP contribution < -0.4 is 25.1 Å². The molecule has 3 aromatic heterocycles. The summed E-state index contributed by atoms with van der Waals surface area (Å²) in [6.07, 6.45) is 3.22. The molecule has 0 unspecified atom stereocenters. The summed E-state index contributed by atoms with van der Waals surface area (Å²) in [5.41, 5.74) is 1.47. The number of fused-ring (bicyclic) bond motifs is 1. The van der Waals surface area contributed by atoms with Gasteiger partial charge in [-0.25, -0.2) is 0 Å². The van der Waals surface area contributed by atoms with Crippen LogP contribution >= 0.6 is 0 Å². The first-order valence-corrected chi connectivity index (χ1v) is 10.1. The van der Waals surface area contributed by atoms with Crippen molar-refractivity contribution in [1.82, 2.24) is 9.55 Å². The first kappa shape index (κ1) is 21.9. The summed E-state index contributed by atoms with van der Waals surface area (Å²) < 4.78 is 22.8. The summed E-state index contributed by atoms with van der Waals surface area (Å²) in [6, 6.07) is 10.1. The molecule has 0 aliphatic heterocycles. The van der Waals surface area contributed by atoms with Crippen LogP contribution in [0.15, 0.2) is 58.1 Å². The van der Waals surface area contributed by atoms with Gasteiger partial charge in [-0.2, -0.15) is 0 Å². The van der Waals surface area contributed by atoms with Crippen molar-refractivity contribution in [3.05, 3.63) is 76.2 Å². The Labute approximate surface area is 189 Å². The number of benzene rings is 1. The highest BCUT2D eigenvalue weighted by Gasteiger charge is 2.18. The van der Waals surface area contributed by atoms with Crippen LogP contribution in [0.2, 0.25) is 0 Å². The van der Waals surface area contributed by atoms with Crippen LogP contribution in [0, 0.1) is 6.92 Å². The van der Waals surface area contributed by atoms with Crippen molar-refractivity contribution < 1.29 is 23.4 Å². The monoisotopic (exact) mass is 449 g/mol. The first-order chi connectivity index (χ1) is 15.9. The smallest absolute Gasteiger partial charge is 0.260 e. The molecule has 4 rings (SSSR count). The third-order valence-corrected chi connectivity index (χ3v) is 5.22. The molecule has 0 saturated heterocycles. The second-order valence-electron chi connectivity index (χ2n) is 7.25. The van der Waals surface area contributed by atoms with Crippen LogP contribution in [-0.4, -0.2) is 36.8 Å². The molecule has 170 valence electrons. The zero-order valence-electron chi connectivity index (χ0n) is 18.7. The largest absolute Gasteiger partial charge is 0.493 e. The van der Waals surface area contributed by atoms with Crippen molar-refractivity contribution in [3.8, 4) is 17.2 Å². The van der Waals surface area contributed by atoms with Gasteiger partial charge < -0.3 is 28.5 Å². The van der Waals surface area contributed by atoms with Gasteiger partial charge >= 0.3 is 0 Å². The Kier molecular flexibility index (Phi) is 6.03. The Morgan fingerprint density at radius 1 is 1.09 bits per heavy atom. The van der Waals surface area contributed by atoms with Gasteiger partial charge in [0.15, 0.2) is 11.5 Å². The average molecular weight is 449 g/mol. The van der Waals surface area contributed by atoms with E-state index in [0.717, 1.165) is 0 Å². The van der Waals surface area contributed by atoms with E-state index in [1.54, 1.807) is 55.8 Å². The van der Waals surface area contributed by atoms with E-state index in [-0.39, 0.29) is 17.7 Å². The number of aromatic nitrogens is 2. The number of furan rings is 1. The van der Waals surface area contributed by atoms with Crippen LogP contribution in [0.4, 0.5) is 5.69 Å². The highest BCUT2D eigenvalue weighted by atomic mass is 16.5. The number of carbonyl (C=O) groups is 1. The number of rotatable bonds is 7. The van der Waals surface area contributed by atoms with Crippen molar-refractivity contribution in [2.24, 2.45) is 0 Å². The van der Waals surface area contributed by atoms with E-state index in [1.165, 1.54) is 25.9 Å². The Morgan fingerprint density at radius 3 is 2.42 bits per heavy atom. The Hall–Kier alpha value is -4.27. The molecule has 0 radical (unpaired) electrons. The van der Waals surface area contributed by atoms with Gasteiger partial charge in [-0.15, -0.1) is 0 Å². The summed E-state index contributed by atoms with van der Waals surface area (Å²) in [5, 5.41) is 3.15. The van der Waals surface area contributed by atoms with E-state index < -0.39 is 5.91 Å². The lowest BCUT2D eigenvalue weighted by Crippen LogP contribution is -2.22. The Bertz CT molecular complexity index is 1350. The van der Waals surface area contributed by atoms with Crippen LogP contribution in [0.5, 0.6) is 17.2 Å². The SMILES string of the molecule is COc1cc(NC(=O)c2cc3c(=O)n(Cc4ccco4)ccc3nc2C)cc(OC)c1OC. The number of nitrogens with zero attached hydrogens (tertiary/aromatic N) is 2. The van der Waals surface area contributed by atoms with Gasteiger partial charge in [0.25, 0.3) is 11.5 Å². The van der Waals surface area contributed by atoms with Gasteiger partial charge in [0.2, 0.25) is 5.75 Å². The quantitative estimate of drug-likeness (QED) is 0.459. The van der Waals surface area contributed by atoms with Crippen molar-refractivity contribution >= 4 is 22.5 Å².